The Balaban J connectivity index is 1.90. The van der Waals surface area contributed by atoms with Crippen LogP contribution in [0.25, 0.3) is 6.08 Å². The van der Waals surface area contributed by atoms with Crippen LogP contribution >= 0.6 is 39.3 Å². The first-order valence-electron chi connectivity index (χ1n) is 6.52. The van der Waals surface area contributed by atoms with Gasteiger partial charge in [-0.2, -0.15) is 0 Å². The molecule has 7 heteroatoms. The minimum Gasteiger partial charge on any atom is -0.300 e. The van der Waals surface area contributed by atoms with E-state index in [0.29, 0.717) is 26.3 Å². The number of carbonyl (C=O) groups excluding carboxylic acids is 1. The smallest absolute Gasteiger partial charge is 0.264 e. The van der Waals surface area contributed by atoms with Crippen molar-refractivity contribution in [3.63, 3.8) is 0 Å². The van der Waals surface area contributed by atoms with Crippen molar-refractivity contribution >= 4 is 62.1 Å². The highest BCUT2D eigenvalue weighted by atomic mass is 79.9. The van der Waals surface area contributed by atoms with Crippen LogP contribution in [-0.2, 0) is 4.79 Å². The maximum atomic E-state index is 13.8. The van der Waals surface area contributed by atoms with E-state index in [1.807, 2.05) is 0 Å². The summed E-state index contributed by atoms with van der Waals surface area (Å²) in [5.41, 5.74) is 0.892. The van der Waals surface area contributed by atoms with E-state index in [-0.39, 0.29) is 5.91 Å². The molecule has 0 saturated carbocycles. The highest BCUT2D eigenvalue weighted by Crippen LogP contribution is 2.31. The van der Waals surface area contributed by atoms with Crippen LogP contribution in [0.3, 0.4) is 0 Å². The Bertz CT molecular complexity index is 854. The van der Waals surface area contributed by atoms with Gasteiger partial charge in [-0.25, -0.2) is 9.38 Å². The molecule has 1 heterocycles. The average molecular weight is 412 g/mol. The number of para-hydroxylation sites is 1. The van der Waals surface area contributed by atoms with E-state index in [4.69, 9.17) is 11.6 Å². The Hall–Kier alpha value is -1.63. The summed E-state index contributed by atoms with van der Waals surface area (Å²) in [7, 11) is 0. The molecule has 1 fully saturated rings. The molecule has 0 spiro atoms. The molecule has 3 nitrogen and oxygen atoms in total. The van der Waals surface area contributed by atoms with Crippen LogP contribution in [0.2, 0.25) is 5.02 Å². The maximum absolute atomic E-state index is 13.8. The minimum atomic E-state index is -0.398. The van der Waals surface area contributed by atoms with Crippen molar-refractivity contribution in [1.82, 2.24) is 5.32 Å². The van der Waals surface area contributed by atoms with Gasteiger partial charge >= 0.3 is 0 Å². The van der Waals surface area contributed by atoms with Gasteiger partial charge in [0.2, 0.25) is 0 Å². The third-order valence-electron chi connectivity index (χ3n) is 2.97. The molecule has 0 unspecified atom stereocenters. The molecule has 1 saturated heterocycles. The Morgan fingerprint density at radius 2 is 2.04 bits per heavy atom. The molecule has 0 aromatic heterocycles. The molecule has 116 valence electrons. The lowest BCUT2D eigenvalue weighted by Gasteiger charge is -1.99. The molecular formula is C16H9BrClFN2OS. The molecule has 0 aliphatic carbocycles. The fourth-order valence-corrected chi connectivity index (χ4v) is 3.28. The molecule has 0 atom stereocenters. The lowest BCUT2D eigenvalue weighted by molar-refractivity contribution is -0.115. The van der Waals surface area contributed by atoms with E-state index in [2.05, 4.69) is 26.2 Å². The summed E-state index contributed by atoms with van der Waals surface area (Å²) in [5, 5.41) is 3.55. The van der Waals surface area contributed by atoms with Crippen LogP contribution in [0.15, 0.2) is 56.8 Å². The summed E-state index contributed by atoms with van der Waals surface area (Å²) in [6.07, 6.45) is 1.50. The Kier molecular flexibility index (Phi) is 4.84. The topological polar surface area (TPSA) is 41.5 Å². The van der Waals surface area contributed by atoms with Crippen LogP contribution in [0.5, 0.6) is 0 Å². The molecular weight excluding hydrogens is 403 g/mol. The van der Waals surface area contributed by atoms with Crippen molar-refractivity contribution in [2.24, 2.45) is 4.99 Å². The number of benzene rings is 2. The number of hydrogen-bond acceptors (Lipinski definition) is 3. The van der Waals surface area contributed by atoms with Gasteiger partial charge in [-0.05, 0) is 48.2 Å². The summed E-state index contributed by atoms with van der Waals surface area (Å²) in [6.45, 7) is 0. The Labute approximate surface area is 149 Å². The van der Waals surface area contributed by atoms with Crippen LogP contribution in [0, 0.1) is 5.82 Å². The molecule has 23 heavy (non-hydrogen) atoms. The van der Waals surface area contributed by atoms with Crippen molar-refractivity contribution < 1.29 is 9.18 Å². The number of amidine groups is 1. The third kappa shape index (κ3) is 3.83. The van der Waals surface area contributed by atoms with Crippen LogP contribution < -0.4 is 5.32 Å². The first-order valence-corrected chi connectivity index (χ1v) is 8.51. The van der Waals surface area contributed by atoms with Crippen LogP contribution in [-0.4, -0.2) is 11.1 Å². The monoisotopic (exact) mass is 410 g/mol. The number of nitrogens with one attached hydrogen (secondary N) is 1. The molecule has 2 aromatic rings. The fraction of sp³-hybridized carbons (Fsp3) is 0. The molecule has 2 aromatic carbocycles. The highest BCUT2D eigenvalue weighted by molar-refractivity contribution is 9.10. The second-order valence-electron chi connectivity index (χ2n) is 4.60. The molecule has 1 N–H and O–H groups in total. The normalized spacial score (nSPS) is 17.8. The molecule has 0 bridgehead atoms. The average Bonchev–Trinajstić information content (AvgIpc) is 2.85. The van der Waals surface area contributed by atoms with Gasteiger partial charge in [-0.1, -0.05) is 39.7 Å². The van der Waals surface area contributed by atoms with Gasteiger partial charge in [0.25, 0.3) is 5.91 Å². The van der Waals surface area contributed by atoms with Crippen LogP contribution in [0.4, 0.5) is 10.1 Å². The van der Waals surface area contributed by atoms with Gasteiger partial charge in [-0.3, -0.25) is 4.79 Å². The standard InChI is InChI=1S/C16H9BrClFN2OS/c17-10-5-6-12(19)9(7-10)8-14-15(22)21-16(23-14)20-13-4-2-1-3-11(13)18/h1-8H,(H,20,21,22)/b14-8+. The van der Waals surface area contributed by atoms with E-state index in [1.165, 1.54) is 12.1 Å². The SMILES string of the molecule is O=C1NC(=Nc2ccccc2Cl)S/C1=C/c1cc(Br)ccc1F. The maximum Gasteiger partial charge on any atom is 0.264 e. The zero-order chi connectivity index (χ0) is 16.4. The zero-order valence-electron chi connectivity index (χ0n) is 11.5. The number of rotatable bonds is 2. The van der Waals surface area contributed by atoms with Crippen LogP contribution in [0.1, 0.15) is 5.56 Å². The number of nitrogens with zero attached hydrogens (tertiary/aromatic N) is 1. The lowest BCUT2D eigenvalue weighted by Crippen LogP contribution is -2.19. The number of carbonyl (C=O) groups is 1. The van der Waals surface area contributed by atoms with Gasteiger partial charge in [0.05, 0.1) is 15.6 Å². The first-order chi connectivity index (χ1) is 11.0. The molecule has 0 radical (unpaired) electrons. The van der Waals surface area contributed by atoms with Gasteiger partial charge in [0.1, 0.15) is 5.82 Å². The van der Waals surface area contributed by atoms with Crippen molar-refractivity contribution in [3.8, 4) is 0 Å². The lowest BCUT2D eigenvalue weighted by atomic mass is 10.2. The van der Waals surface area contributed by atoms with Gasteiger partial charge in [0, 0.05) is 10.0 Å². The quantitative estimate of drug-likeness (QED) is 0.696. The summed E-state index contributed by atoms with van der Waals surface area (Å²) in [6, 6.07) is 11.6. The second-order valence-corrected chi connectivity index (χ2v) is 6.95. The summed E-state index contributed by atoms with van der Waals surface area (Å²) in [4.78, 5) is 16.7. The highest BCUT2D eigenvalue weighted by Gasteiger charge is 2.24. The summed E-state index contributed by atoms with van der Waals surface area (Å²) < 4.78 is 14.5. The number of amides is 1. The van der Waals surface area contributed by atoms with E-state index < -0.39 is 5.82 Å². The van der Waals surface area contributed by atoms with Gasteiger partial charge in [0.15, 0.2) is 5.17 Å². The third-order valence-corrected chi connectivity index (χ3v) is 4.69. The summed E-state index contributed by atoms with van der Waals surface area (Å²) in [5.74, 6) is -0.717. The largest absolute Gasteiger partial charge is 0.300 e. The predicted molar refractivity (Wildman–Crippen MR) is 96.4 cm³/mol. The van der Waals surface area contributed by atoms with E-state index >= 15 is 0 Å². The number of aliphatic imine (C=N–C) groups is 1. The summed E-state index contributed by atoms with van der Waals surface area (Å²) >= 11 is 10.5. The number of halogens is 3. The first kappa shape index (κ1) is 16.2. The molecule has 3 rings (SSSR count). The number of hydrogen-bond donors (Lipinski definition) is 1. The molecule has 1 aliphatic heterocycles. The molecule has 1 aliphatic rings. The zero-order valence-corrected chi connectivity index (χ0v) is 14.7. The minimum absolute atomic E-state index is 0.319. The van der Waals surface area contributed by atoms with Crippen molar-refractivity contribution in [1.29, 1.82) is 0 Å². The van der Waals surface area contributed by atoms with Gasteiger partial charge < -0.3 is 5.32 Å². The predicted octanol–water partition coefficient (Wildman–Crippen LogP) is 5.13. The molecule has 1 amide bonds. The van der Waals surface area contributed by atoms with E-state index in [9.17, 15) is 9.18 Å². The van der Waals surface area contributed by atoms with Gasteiger partial charge in [-0.15, -0.1) is 0 Å². The Morgan fingerprint density at radius 1 is 1.26 bits per heavy atom. The fourth-order valence-electron chi connectivity index (χ4n) is 1.90. The van der Waals surface area contributed by atoms with E-state index in [0.717, 1.165) is 16.2 Å². The van der Waals surface area contributed by atoms with Crippen molar-refractivity contribution in [3.05, 3.63) is 68.2 Å². The Morgan fingerprint density at radius 3 is 2.83 bits per heavy atom. The number of thioether (sulfide) groups is 1. The van der Waals surface area contributed by atoms with Crippen molar-refractivity contribution in [2.45, 2.75) is 0 Å². The second kappa shape index (κ2) is 6.86. The van der Waals surface area contributed by atoms with E-state index in [1.54, 1.807) is 36.4 Å². The van der Waals surface area contributed by atoms with Crippen molar-refractivity contribution in [2.75, 3.05) is 0 Å².